The summed E-state index contributed by atoms with van der Waals surface area (Å²) in [7, 11) is 1.40. The van der Waals surface area contributed by atoms with Gasteiger partial charge in [0.1, 0.15) is 0 Å². The van der Waals surface area contributed by atoms with Crippen LogP contribution in [0.2, 0.25) is 0 Å². The predicted molar refractivity (Wildman–Crippen MR) is 81.0 cm³/mol. The Hall–Kier alpha value is -1.06. The summed E-state index contributed by atoms with van der Waals surface area (Å²) in [5, 5.41) is 0. The number of hydrogen-bond donors (Lipinski definition) is 0. The molecule has 0 aliphatic carbocycles. The summed E-state index contributed by atoms with van der Waals surface area (Å²) >= 11 is 0. The first-order chi connectivity index (χ1) is 7.46. The van der Waals surface area contributed by atoms with E-state index in [2.05, 4.69) is 4.74 Å². The van der Waals surface area contributed by atoms with Crippen molar-refractivity contribution in [3.8, 4) is 0 Å². The lowest BCUT2D eigenvalue weighted by atomic mass is 9.97. The lowest BCUT2D eigenvalue weighted by Crippen LogP contribution is -2.22. The van der Waals surface area contributed by atoms with Crippen molar-refractivity contribution in [2.45, 2.75) is 63.3 Å². The molecule has 0 saturated heterocycles. The van der Waals surface area contributed by atoms with Crippen molar-refractivity contribution in [1.82, 2.24) is 0 Å². The van der Waals surface area contributed by atoms with Gasteiger partial charge in [-0.3, -0.25) is 9.59 Å². The van der Waals surface area contributed by atoms with E-state index in [0.29, 0.717) is 6.61 Å². The molecule has 0 N–H and O–H groups in total. The van der Waals surface area contributed by atoms with Crippen LogP contribution < -0.4 is 0 Å². The first-order valence-corrected chi connectivity index (χ1v) is 5.72. The van der Waals surface area contributed by atoms with Crippen molar-refractivity contribution in [3.05, 3.63) is 0 Å². The van der Waals surface area contributed by atoms with E-state index >= 15 is 0 Å². The standard InChI is InChI=1S/C7H14O2.C6H12O2.2CH4/c1-5-9-6(8)7(2,3)4;1-6(2,3)5(7)8-4;;/h5H2,1-4H3;1-4H3;2*1H4. The van der Waals surface area contributed by atoms with Gasteiger partial charge in [-0.1, -0.05) is 14.9 Å². The van der Waals surface area contributed by atoms with E-state index in [1.165, 1.54) is 7.11 Å². The number of hydrogen-bond acceptors (Lipinski definition) is 4. The van der Waals surface area contributed by atoms with Gasteiger partial charge in [-0.05, 0) is 48.5 Å². The molecule has 0 fully saturated rings. The molecule has 0 atom stereocenters. The summed E-state index contributed by atoms with van der Waals surface area (Å²) in [6.45, 7) is 13.2. The number of rotatable bonds is 1. The first-order valence-electron chi connectivity index (χ1n) is 5.72. The molecule has 0 aromatic rings. The second-order valence-corrected chi connectivity index (χ2v) is 5.71. The maximum atomic E-state index is 10.8. The normalized spacial score (nSPS) is 9.89. The molecule has 0 saturated carbocycles. The average molecular weight is 278 g/mol. The van der Waals surface area contributed by atoms with Crippen LogP contribution in [0.25, 0.3) is 0 Å². The zero-order valence-corrected chi connectivity index (χ0v) is 12.3. The van der Waals surface area contributed by atoms with Crippen LogP contribution in [0.1, 0.15) is 63.3 Å². The maximum absolute atomic E-state index is 10.8. The summed E-state index contributed by atoms with van der Waals surface area (Å²) in [4.78, 5) is 21.5. The van der Waals surface area contributed by atoms with Crippen LogP contribution in [0.5, 0.6) is 0 Å². The Bertz CT molecular complexity index is 244. The van der Waals surface area contributed by atoms with Gasteiger partial charge in [-0.25, -0.2) is 0 Å². The number of methoxy groups -OCH3 is 1. The lowest BCUT2D eigenvalue weighted by Gasteiger charge is -2.14. The fourth-order valence-electron chi connectivity index (χ4n) is 0.654. The molecule has 0 bridgehead atoms. The number of esters is 2. The van der Waals surface area contributed by atoms with Crippen molar-refractivity contribution >= 4 is 11.9 Å². The van der Waals surface area contributed by atoms with E-state index in [4.69, 9.17) is 4.74 Å². The van der Waals surface area contributed by atoms with Crippen molar-refractivity contribution in [2.75, 3.05) is 13.7 Å². The monoisotopic (exact) mass is 278 g/mol. The molecule has 19 heavy (non-hydrogen) atoms. The van der Waals surface area contributed by atoms with E-state index in [1.54, 1.807) is 0 Å². The van der Waals surface area contributed by atoms with E-state index in [0.717, 1.165) is 0 Å². The second-order valence-electron chi connectivity index (χ2n) is 5.71. The van der Waals surface area contributed by atoms with E-state index in [9.17, 15) is 9.59 Å². The highest BCUT2D eigenvalue weighted by Crippen LogP contribution is 2.14. The summed E-state index contributed by atoms with van der Waals surface area (Å²) in [6.07, 6.45) is 0. The van der Waals surface area contributed by atoms with E-state index < -0.39 is 0 Å². The molecule has 4 nitrogen and oxygen atoms in total. The Morgan fingerprint density at radius 3 is 1.21 bits per heavy atom. The van der Waals surface area contributed by atoms with Gasteiger partial charge in [0.2, 0.25) is 0 Å². The Labute approximate surface area is 119 Å². The second kappa shape index (κ2) is 10.8. The molecule has 0 aromatic heterocycles. The van der Waals surface area contributed by atoms with Gasteiger partial charge in [0.25, 0.3) is 0 Å². The number of carbonyl (C=O) groups is 2. The average Bonchev–Trinajstić information content (AvgIpc) is 2.15. The molecule has 0 unspecified atom stereocenters. The van der Waals surface area contributed by atoms with Gasteiger partial charge in [-0.2, -0.15) is 0 Å². The zero-order valence-electron chi connectivity index (χ0n) is 12.3. The van der Waals surface area contributed by atoms with Crippen LogP contribution in [-0.4, -0.2) is 25.7 Å². The quantitative estimate of drug-likeness (QED) is 0.678. The molecule has 0 aliphatic rings. The van der Waals surface area contributed by atoms with Crippen LogP contribution >= 0.6 is 0 Å². The van der Waals surface area contributed by atoms with Crippen molar-refractivity contribution < 1.29 is 19.1 Å². The summed E-state index contributed by atoms with van der Waals surface area (Å²) < 4.78 is 9.24. The molecule has 0 spiro atoms. The van der Waals surface area contributed by atoms with Crippen LogP contribution in [0.15, 0.2) is 0 Å². The zero-order chi connectivity index (χ0) is 14.3. The van der Waals surface area contributed by atoms with Gasteiger partial charge in [0.15, 0.2) is 0 Å². The van der Waals surface area contributed by atoms with Crippen LogP contribution in [0.4, 0.5) is 0 Å². The van der Waals surface area contributed by atoms with Crippen molar-refractivity contribution in [2.24, 2.45) is 10.8 Å². The maximum Gasteiger partial charge on any atom is 0.311 e. The number of ether oxygens (including phenoxy) is 2. The van der Waals surface area contributed by atoms with Crippen LogP contribution in [0.3, 0.4) is 0 Å². The van der Waals surface area contributed by atoms with Crippen molar-refractivity contribution in [3.63, 3.8) is 0 Å². The molecule has 0 aromatic carbocycles. The summed E-state index contributed by atoms with van der Waals surface area (Å²) in [5.74, 6) is -0.303. The Morgan fingerprint density at radius 2 is 1.16 bits per heavy atom. The fourth-order valence-corrected chi connectivity index (χ4v) is 0.654. The Kier molecular flexibility index (Phi) is 15.1. The van der Waals surface area contributed by atoms with E-state index in [1.807, 2.05) is 48.5 Å². The minimum atomic E-state index is -0.352. The first kappa shape index (κ1) is 26.5. The summed E-state index contributed by atoms with van der Waals surface area (Å²) in [5.41, 5.74) is -0.704. The van der Waals surface area contributed by atoms with Gasteiger partial charge < -0.3 is 9.47 Å². The summed E-state index contributed by atoms with van der Waals surface area (Å²) in [6, 6.07) is 0. The highest BCUT2D eigenvalue weighted by molar-refractivity contribution is 5.75. The van der Waals surface area contributed by atoms with Crippen LogP contribution in [-0.2, 0) is 19.1 Å². The molecule has 0 radical (unpaired) electrons. The third-order valence-corrected chi connectivity index (χ3v) is 1.69. The topological polar surface area (TPSA) is 52.6 Å². The molecule has 118 valence electrons. The van der Waals surface area contributed by atoms with Gasteiger partial charge in [0, 0.05) is 0 Å². The Morgan fingerprint density at radius 1 is 0.842 bits per heavy atom. The van der Waals surface area contributed by atoms with Gasteiger partial charge >= 0.3 is 11.9 Å². The van der Waals surface area contributed by atoms with Gasteiger partial charge in [0.05, 0.1) is 24.5 Å². The highest BCUT2D eigenvalue weighted by Gasteiger charge is 2.22. The van der Waals surface area contributed by atoms with Crippen molar-refractivity contribution in [1.29, 1.82) is 0 Å². The van der Waals surface area contributed by atoms with Gasteiger partial charge in [-0.15, -0.1) is 0 Å². The highest BCUT2D eigenvalue weighted by atomic mass is 16.5. The van der Waals surface area contributed by atoms with Crippen LogP contribution in [0, 0.1) is 10.8 Å². The molecule has 4 heteroatoms. The smallest absolute Gasteiger partial charge is 0.311 e. The molecule has 0 heterocycles. The third kappa shape index (κ3) is 14.9. The molecular formula is C15H34O4. The van der Waals surface area contributed by atoms with E-state index in [-0.39, 0.29) is 37.6 Å². The Balaban J connectivity index is -0.000000108. The molecule has 0 amide bonds. The third-order valence-electron chi connectivity index (χ3n) is 1.69. The SMILES string of the molecule is C.C.CCOC(=O)C(C)(C)C.COC(=O)C(C)(C)C. The fraction of sp³-hybridized carbons (Fsp3) is 0.867. The largest absolute Gasteiger partial charge is 0.469 e. The minimum Gasteiger partial charge on any atom is -0.469 e. The lowest BCUT2D eigenvalue weighted by molar-refractivity contribution is -0.152. The number of carbonyl (C=O) groups excluding carboxylic acids is 2. The molecule has 0 rings (SSSR count). The molecular weight excluding hydrogens is 244 g/mol. The minimum absolute atomic E-state index is 0. The molecule has 0 aliphatic heterocycles. The predicted octanol–water partition coefficient (Wildman–Crippen LogP) is 4.07.